The van der Waals surface area contributed by atoms with E-state index in [-0.39, 0.29) is 5.41 Å². The van der Waals surface area contributed by atoms with Crippen LogP contribution in [0.2, 0.25) is 0 Å². The normalized spacial score (nSPS) is 16.9. The molecule has 1 aromatic rings. The predicted molar refractivity (Wildman–Crippen MR) is 64.1 cm³/mol. The van der Waals surface area contributed by atoms with Crippen molar-refractivity contribution >= 4 is 17.4 Å². The van der Waals surface area contributed by atoms with Crippen LogP contribution >= 0.6 is 11.6 Å². The second kappa shape index (κ2) is 4.87. The Morgan fingerprint density at radius 3 is 2.94 bits per heavy atom. The van der Waals surface area contributed by atoms with E-state index in [0.717, 1.165) is 12.4 Å². The summed E-state index contributed by atoms with van der Waals surface area (Å²) in [5.74, 6) is 2.12. The molecule has 1 N–H and O–H groups in total. The Balaban J connectivity index is 1.91. The van der Waals surface area contributed by atoms with Gasteiger partial charge < -0.3 is 10.1 Å². The van der Waals surface area contributed by atoms with Crippen LogP contribution in [-0.4, -0.2) is 29.0 Å². The van der Waals surface area contributed by atoms with Crippen molar-refractivity contribution in [2.45, 2.75) is 19.8 Å². The molecule has 0 spiro atoms. The van der Waals surface area contributed by atoms with Crippen molar-refractivity contribution in [1.82, 2.24) is 9.97 Å². The molecular formula is C11H16ClN3O. The maximum atomic E-state index is 5.91. The Bertz CT molecular complexity index is 355. The van der Waals surface area contributed by atoms with E-state index in [1.165, 1.54) is 19.2 Å². The lowest BCUT2D eigenvalue weighted by atomic mass is 10.1. The van der Waals surface area contributed by atoms with E-state index >= 15 is 0 Å². The molecular weight excluding hydrogens is 226 g/mol. The summed E-state index contributed by atoms with van der Waals surface area (Å²) < 4.78 is 5.30. The third kappa shape index (κ3) is 2.76. The first-order valence-electron chi connectivity index (χ1n) is 5.53. The topological polar surface area (TPSA) is 47.0 Å². The lowest BCUT2D eigenvalue weighted by Crippen LogP contribution is -2.17. The van der Waals surface area contributed by atoms with Crippen molar-refractivity contribution in [3.63, 3.8) is 0 Å². The summed E-state index contributed by atoms with van der Waals surface area (Å²) >= 11 is 5.91. The molecule has 0 saturated heterocycles. The zero-order valence-corrected chi connectivity index (χ0v) is 10.1. The van der Waals surface area contributed by atoms with Gasteiger partial charge in [0.05, 0.1) is 6.61 Å². The third-order valence-electron chi connectivity index (χ3n) is 2.82. The molecule has 0 unspecified atom stereocenters. The first-order valence-corrected chi connectivity index (χ1v) is 6.06. The van der Waals surface area contributed by atoms with E-state index in [1.807, 2.05) is 13.0 Å². The fourth-order valence-electron chi connectivity index (χ4n) is 1.48. The van der Waals surface area contributed by atoms with Gasteiger partial charge in [-0.2, -0.15) is 0 Å². The van der Waals surface area contributed by atoms with Crippen LogP contribution in [-0.2, 0) is 0 Å². The summed E-state index contributed by atoms with van der Waals surface area (Å²) in [4.78, 5) is 8.15. The summed E-state index contributed by atoms with van der Waals surface area (Å²) in [6, 6.07) is 1.81. The van der Waals surface area contributed by atoms with Crippen LogP contribution in [0.1, 0.15) is 19.8 Å². The lowest BCUT2D eigenvalue weighted by molar-refractivity contribution is 0.326. The second-order valence-corrected chi connectivity index (χ2v) is 4.43. The number of nitrogens with zero attached hydrogens (tertiary/aromatic N) is 2. The molecule has 1 fully saturated rings. The van der Waals surface area contributed by atoms with Crippen LogP contribution in [0.4, 0.5) is 5.82 Å². The molecule has 0 aromatic carbocycles. The fourth-order valence-corrected chi connectivity index (χ4v) is 1.84. The SMILES string of the molecule is CCOc1cc(NCC2(CCl)CC2)ncn1. The number of alkyl halides is 1. The summed E-state index contributed by atoms with van der Waals surface area (Å²) in [5.41, 5.74) is 0.290. The van der Waals surface area contributed by atoms with Crippen LogP contribution in [0, 0.1) is 5.41 Å². The van der Waals surface area contributed by atoms with E-state index < -0.39 is 0 Å². The number of hydrogen-bond acceptors (Lipinski definition) is 4. The van der Waals surface area contributed by atoms with Crippen molar-refractivity contribution in [3.8, 4) is 5.88 Å². The number of nitrogens with one attached hydrogen (secondary N) is 1. The Kier molecular flexibility index (Phi) is 3.49. The quantitative estimate of drug-likeness (QED) is 0.777. The molecule has 0 aliphatic heterocycles. The Morgan fingerprint density at radius 1 is 1.50 bits per heavy atom. The third-order valence-corrected chi connectivity index (χ3v) is 3.39. The Labute approximate surface area is 100 Å². The fraction of sp³-hybridized carbons (Fsp3) is 0.636. The summed E-state index contributed by atoms with van der Waals surface area (Å²) in [6.07, 6.45) is 3.91. The van der Waals surface area contributed by atoms with Crippen molar-refractivity contribution in [3.05, 3.63) is 12.4 Å². The van der Waals surface area contributed by atoms with Gasteiger partial charge in [0, 0.05) is 23.9 Å². The number of hydrogen-bond donors (Lipinski definition) is 1. The molecule has 4 nitrogen and oxygen atoms in total. The van der Waals surface area contributed by atoms with Gasteiger partial charge in [-0.3, -0.25) is 0 Å². The van der Waals surface area contributed by atoms with E-state index in [9.17, 15) is 0 Å². The molecule has 0 atom stereocenters. The van der Waals surface area contributed by atoms with Gasteiger partial charge in [-0.15, -0.1) is 11.6 Å². The van der Waals surface area contributed by atoms with Gasteiger partial charge in [0.15, 0.2) is 0 Å². The van der Waals surface area contributed by atoms with E-state index in [1.54, 1.807) is 0 Å². The molecule has 0 amide bonds. The molecule has 5 heteroatoms. The predicted octanol–water partition coefficient (Wildman–Crippen LogP) is 2.31. The highest BCUT2D eigenvalue weighted by Gasteiger charge is 2.41. The van der Waals surface area contributed by atoms with Crippen LogP contribution < -0.4 is 10.1 Å². The van der Waals surface area contributed by atoms with Gasteiger partial charge in [0.25, 0.3) is 0 Å². The smallest absolute Gasteiger partial charge is 0.218 e. The maximum absolute atomic E-state index is 5.91. The highest BCUT2D eigenvalue weighted by atomic mass is 35.5. The maximum Gasteiger partial charge on any atom is 0.218 e. The number of anilines is 1. The van der Waals surface area contributed by atoms with Crippen LogP contribution in [0.25, 0.3) is 0 Å². The van der Waals surface area contributed by atoms with Gasteiger partial charge in [-0.1, -0.05) is 0 Å². The molecule has 2 rings (SSSR count). The highest BCUT2D eigenvalue weighted by molar-refractivity contribution is 6.18. The van der Waals surface area contributed by atoms with E-state index in [0.29, 0.717) is 18.4 Å². The largest absolute Gasteiger partial charge is 0.478 e. The zero-order chi connectivity index (χ0) is 11.4. The summed E-state index contributed by atoms with van der Waals surface area (Å²) in [7, 11) is 0. The summed E-state index contributed by atoms with van der Waals surface area (Å²) in [6.45, 7) is 3.42. The molecule has 16 heavy (non-hydrogen) atoms. The first-order chi connectivity index (χ1) is 7.78. The highest BCUT2D eigenvalue weighted by Crippen LogP contribution is 2.46. The van der Waals surface area contributed by atoms with Crippen LogP contribution in [0.15, 0.2) is 12.4 Å². The van der Waals surface area contributed by atoms with E-state index in [4.69, 9.17) is 16.3 Å². The number of halogens is 1. The number of ether oxygens (including phenoxy) is 1. The van der Waals surface area contributed by atoms with Crippen molar-refractivity contribution < 1.29 is 4.74 Å². The lowest BCUT2D eigenvalue weighted by Gasteiger charge is -2.13. The van der Waals surface area contributed by atoms with Crippen LogP contribution in [0.5, 0.6) is 5.88 Å². The minimum atomic E-state index is 0.290. The molecule has 1 aromatic heterocycles. The van der Waals surface area contributed by atoms with Gasteiger partial charge in [-0.25, -0.2) is 9.97 Å². The monoisotopic (exact) mass is 241 g/mol. The Morgan fingerprint density at radius 2 is 2.31 bits per heavy atom. The van der Waals surface area contributed by atoms with Crippen molar-refractivity contribution in [2.75, 3.05) is 24.3 Å². The molecule has 0 radical (unpaired) electrons. The van der Waals surface area contributed by atoms with Crippen molar-refractivity contribution in [1.29, 1.82) is 0 Å². The number of aromatic nitrogens is 2. The van der Waals surface area contributed by atoms with Gasteiger partial charge in [0.1, 0.15) is 12.1 Å². The Hall–Kier alpha value is -1.03. The van der Waals surface area contributed by atoms with Gasteiger partial charge in [0.2, 0.25) is 5.88 Å². The minimum Gasteiger partial charge on any atom is -0.478 e. The first kappa shape index (κ1) is 11.5. The molecule has 1 heterocycles. The molecule has 1 aliphatic rings. The van der Waals surface area contributed by atoms with Gasteiger partial charge in [-0.05, 0) is 19.8 Å². The summed E-state index contributed by atoms with van der Waals surface area (Å²) in [5, 5.41) is 3.28. The van der Waals surface area contributed by atoms with Gasteiger partial charge >= 0.3 is 0 Å². The molecule has 1 aliphatic carbocycles. The number of rotatable bonds is 6. The van der Waals surface area contributed by atoms with E-state index in [2.05, 4.69) is 15.3 Å². The average Bonchev–Trinajstić information content (AvgIpc) is 3.08. The average molecular weight is 242 g/mol. The van der Waals surface area contributed by atoms with Crippen molar-refractivity contribution in [2.24, 2.45) is 5.41 Å². The molecule has 88 valence electrons. The second-order valence-electron chi connectivity index (χ2n) is 4.16. The van der Waals surface area contributed by atoms with Crippen LogP contribution in [0.3, 0.4) is 0 Å². The zero-order valence-electron chi connectivity index (χ0n) is 9.37. The molecule has 0 bridgehead atoms. The standard InChI is InChI=1S/C11H16ClN3O/c1-2-16-10-5-9(14-8-15-10)13-7-11(6-12)3-4-11/h5,8H,2-4,6-7H2,1H3,(H,13,14,15). The minimum absolute atomic E-state index is 0.290. The molecule has 1 saturated carbocycles.